The molecule has 1 aromatic rings. The van der Waals surface area contributed by atoms with E-state index in [1.165, 1.54) is 25.3 Å². The molecule has 1 atom stereocenters. The van der Waals surface area contributed by atoms with Crippen molar-refractivity contribution in [2.45, 2.75) is 51.0 Å². The van der Waals surface area contributed by atoms with Gasteiger partial charge in [-0.25, -0.2) is 5.10 Å². The molecule has 1 saturated heterocycles. The van der Waals surface area contributed by atoms with Crippen LogP contribution in [0.3, 0.4) is 0 Å². The normalized spacial score (nSPS) is 22.7. The van der Waals surface area contributed by atoms with Crippen molar-refractivity contribution < 1.29 is 4.79 Å². The van der Waals surface area contributed by atoms with Gasteiger partial charge in [0.2, 0.25) is 5.91 Å². The third-order valence-corrected chi connectivity index (χ3v) is 4.82. The molecule has 6 heteroatoms. The van der Waals surface area contributed by atoms with E-state index in [0.29, 0.717) is 6.54 Å². The van der Waals surface area contributed by atoms with Gasteiger partial charge in [-0.15, -0.1) is 0 Å². The zero-order valence-electron chi connectivity index (χ0n) is 12.9. The van der Waals surface area contributed by atoms with Crippen LogP contribution in [0.25, 0.3) is 0 Å². The molecule has 2 heterocycles. The maximum absolute atomic E-state index is 12.2. The lowest BCUT2D eigenvalue weighted by atomic mass is 10.0. The smallest absolute Gasteiger partial charge is 0.264 e. The maximum Gasteiger partial charge on any atom is 0.264 e. The highest BCUT2D eigenvalue weighted by Gasteiger charge is 2.27. The lowest BCUT2D eigenvalue weighted by Gasteiger charge is -2.36. The third-order valence-electron chi connectivity index (χ3n) is 4.82. The highest BCUT2D eigenvalue weighted by molar-refractivity contribution is 5.78. The van der Waals surface area contributed by atoms with Gasteiger partial charge in [0.15, 0.2) is 0 Å². The Balaban J connectivity index is 1.61. The second-order valence-corrected chi connectivity index (χ2v) is 6.35. The van der Waals surface area contributed by atoms with Crippen molar-refractivity contribution in [3.05, 3.63) is 22.5 Å². The summed E-state index contributed by atoms with van der Waals surface area (Å²) in [7, 11) is 0. The van der Waals surface area contributed by atoms with Crippen LogP contribution < -0.4 is 15.8 Å². The molecule has 6 nitrogen and oxygen atoms in total. The number of rotatable bonds is 4. The minimum absolute atomic E-state index is 0.188. The van der Waals surface area contributed by atoms with Gasteiger partial charge in [-0.2, -0.15) is 5.10 Å². The Bertz CT molecular complexity index is 545. The van der Waals surface area contributed by atoms with Crippen molar-refractivity contribution in [1.29, 1.82) is 0 Å². The molecule has 0 spiro atoms. The van der Waals surface area contributed by atoms with Crippen molar-refractivity contribution in [2.75, 3.05) is 18.0 Å². The summed E-state index contributed by atoms with van der Waals surface area (Å²) in [4.78, 5) is 25.5. The number of aromatic nitrogens is 2. The summed E-state index contributed by atoms with van der Waals surface area (Å²) in [5.74, 6) is 1.21. The van der Waals surface area contributed by atoms with E-state index in [0.717, 1.165) is 38.0 Å². The molecule has 3 rings (SSSR count). The molecule has 0 bridgehead atoms. The summed E-state index contributed by atoms with van der Waals surface area (Å²) in [6.07, 6.45) is 7.75. The Morgan fingerprint density at radius 3 is 2.73 bits per heavy atom. The zero-order valence-corrected chi connectivity index (χ0v) is 12.9. The van der Waals surface area contributed by atoms with E-state index < -0.39 is 0 Å². The average molecular weight is 304 g/mol. The molecular weight excluding hydrogens is 280 g/mol. The molecule has 22 heavy (non-hydrogen) atoms. The number of hydrogen-bond acceptors (Lipinski definition) is 4. The van der Waals surface area contributed by atoms with Crippen LogP contribution in [0.15, 0.2) is 16.9 Å². The number of amides is 1. The van der Waals surface area contributed by atoms with Crippen molar-refractivity contribution >= 4 is 11.7 Å². The minimum Gasteiger partial charge on any atom is -0.354 e. The first-order valence-electron chi connectivity index (χ1n) is 8.34. The Kier molecular flexibility index (Phi) is 4.75. The largest absolute Gasteiger partial charge is 0.354 e. The second kappa shape index (κ2) is 6.94. The predicted molar refractivity (Wildman–Crippen MR) is 84.8 cm³/mol. The van der Waals surface area contributed by atoms with E-state index in [1.807, 2.05) is 0 Å². The SMILES string of the molecule is O=C(NCC1CCCCN1c1ccc(=O)[nH]n1)C1CCCC1. The van der Waals surface area contributed by atoms with Gasteiger partial charge < -0.3 is 10.2 Å². The number of hydrogen-bond donors (Lipinski definition) is 2. The fourth-order valence-corrected chi connectivity index (χ4v) is 3.56. The molecule has 1 amide bonds. The van der Waals surface area contributed by atoms with Gasteiger partial charge in [-0.1, -0.05) is 12.8 Å². The lowest BCUT2D eigenvalue weighted by Crippen LogP contribution is -2.48. The molecular formula is C16H24N4O2. The Hall–Kier alpha value is -1.85. The van der Waals surface area contributed by atoms with Crippen LogP contribution in [-0.2, 0) is 4.79 Å². The van der Waals surface area contributed by atoms with Crippen LogP contribution in [0.1, 0.15) is 44.9 Å². The quantitative estimate of drug-likeness (QED) is 0.882. The molecule has 1 aromatic heterocycles. The summed E-state index contributed by atoms with van der Waals surface area (Å²) in [6.45, 7) is 1.58. The van der Waals surface area contributed by atoms with Crippen LogP contribution in [0.2, 0.25) is 0 Å². The topological polar surface area (TPSA) is 78.1 Å². The van der Waals surface area contributed by atoms with Gasteiger partial charge in [0.1, 0.15) is 5.82 Å². The molecule has 2 aliphatic rings. The summed E-state index contributed by atoms with van der Waals surface area (Å²) in [5.41, 5.74) is -0.188. The van der Waals surface area contributed by atoms with E-state index in [2.05, 4.69) is 20.4 Å². The highest BCUT2D eigenvalue weighted by atomic mass is 16.2. The number of anilines is 1. The van der Waals surface area contributed by atoms with Gasteiger partial charge in [0.05, 0.1) is 0 Å². The summed E-state index contributed by atoms with van der Waals surface area (Å²) < 4.78 is 0. The molecule has 0 aromatic carbocycles. The first kappa shape index (κ1) is 15.1. The molecule has 2 fully saturated rings. The van der Waals surface area contributed by atoms with Crippen molar-refractivity contribution in [3.63, 3.8) is 0 Å². The van der Waals surface area contributed by atoms with E-state index in [4.69, 9.17) is 0 Å². The maximum atomic E-state index is 12.2. The van der Waals surface area contributed by atoms with Crippen LogP contribution in [0.5, 0.6) is 0 Å². The third kappa shape index (κ3) is 3.48. The molecule has 2 N–H and O–H groups in total. The number of aromatic amines is 1. The lowest BCUT2D eigenvalue weighted by molar-refractivity contribution is -0.124. The van der Waals surface area contributed by atoms with Gasteiger partial charge in [-0.05, 0) is 38.2 Å². The number of nitrogens with zero attached hydrogens (tertiary/aromatic N) is 2. The fraction of sp³-hybridized carbons (Fsp3) is 0.688. The van der Waals surface area contributed by atoms with E-state index in [9.17, 15) is 9.59 Å². The molecule has 1 unspecified atom stereocenters. The number of H-pyrrole nitrogens is 1. The van der Waals surface area contributed by atoms with E-state index in [1.54, 1.807) is 6.07 Å². The highest BCUT2D eigenvalue weighted by Crippen LogP contribution is 2.25. The first-order valence-corrected chi connectivity index (χ1v) is 8.34. The predicted octanol–water partition coefficient (Wildman–Crippen LogP) is 1.44. The Morgan fingerprint density at radius 2 is 2.00 bits per heavy atom. The van der Waals surface area contributed by atoms with Crippen LogP contribution in [0, 0.1) is 5.92 Å². The first-order chi connectivity index (χ1) is 10.7. The van der Waals surface area contributed by atoms with Crippen LogP contribution >= 0.6 is 0 Å². The standard InChI is InChI=1S/C16H24N4O2/c21-15-9-8-14(18-19-15)20-10-4-3-7-13(20)11-17-16(22)12-5-1-2-6-12/h8-9,12-13H,1-7,10-11H2,(H,17,22)(H,19,21). The summed E-state index contributed by atoms with van der Waals surface area (Å²) in [6, 6.07) is 3.53. The van der Waals surface area contributed by atoms with Gasteiger partial charge in [0, 0.05) is 31.1 Å². The van der Waals surface area contributed by atoms with Crippen LogP contribution in [-0.4, -0.2) is 35.2 Å². The number of nitrogens with one attached hydrogen (secondary N) is 2. The van der Waals surface area contributed by atoms with E-state index >= 15 is 0 Å². The van der Waals surface area contributed by atoms with Crippen molar-refractivity contribution in [1.82, 2.24) is 15.5 Å². The van der Waals surface area contributed by atoms with Crippen LogP contribution in [0.4, 0.5) is 5.82 Å². The Morgan fingerprint density at radius 1 is 1.23 bits per heavy atom. The molecule has 120 valence electrons. The number of carbonyl (C=O) groups is 1. The van der Waals surface area contributed by atoms with Crippen molar-refractivity contribution in [2.24, 2.45) is 5.92 Å². The molecule has 0 radical (unpaired) electrons. The summed E-state index contributed by atoms with van der Waals surface area (Å²) >= 11 is 0. The monoisotopic (exact) mass is 304 g/mol. The Labute approximate surface area is 130 Å². The number of piperidine rings is 1. The van der Waals surface area contributed by atoms with E-state index in [-0.39, 0.29) is 23.4 Å². The number of carbonyl (C=O) groups excluding carboxylic acids is 1. The zero-order chi connectivity index (χ0) is 15.4. The van der Waals surface area contributed by atoms with Gasteiger partial charge in [-0.3, -0.25) is 9.59 Å². The minimum atomic E-state index is -0.188. The summed E-state index contributed by atoms with van der Waals surface area (Å²) in [5, 5.41) is 9.75. The van der Waals surface area contributed by atoms with Gasteiger partial charge in [0.25, 0.3) is 5.56 Å². The van der Waals surface area contributed by atoms with Gasteiger partial charge >= 0.3 is 0 Å². The van der Waals surface area contributed by atoms with Crippen molar-refractivity contribution in [3.8, 4) is 0 Å². The molecule has 1 saturated carbocycles. The molecule has 1 aliphatic carbocycles. The average Bonchev–Trinajstić information content (AvgIpc) is 3.08. The second-order valence-electron chi connectivity index (χ2n) is 6.35. The fourth-order valence-electron chi connectivity index (χ4n) is 3.56. The molecule has 1 aliphatic heterocycles.